The minimum atomic E-state index is -4.17. The van der Waals surface area contributed by atoms with Gasteiger partial charge in [0.15, 0.2) is 22.3 Å². The van der Waals surface area contributed by atoms with Crippen molar-refractivity contribution in [2.45, 2.75) is 11.6 Å². The smallest absolute Gasteiger partial charge is 0.278 e. The Bertz CT molecular complexity index is 1080. The van der Waals surface area contributed by atoms with Gasteiger partial charge in [-0.25, -0.2) is 26.7 Å². The number of fused-ring (bicyclic) bond motifs is 1. The van der Waals surface area contributed by atoms with Crippen LogP contribution in [0.15, 0.2) is 41.6 Å². The van der Waals surface area contributed by atoms with Crippen LogP contribution in [-0.2, 0) is 15.6 Å². The molecule has 0 radical (unpaired) electrons. The second-order valence-corrected chi connectivity index (χ2v) is 7.46. The first kappa shape index (κ1) is 17.2. The highest BCUT2D eigenvalue weighted by atomic mass is 35.7. The van der Waals surface area contributed by atoms with E-state index in [9.17, 15) is 22.0 Å². The summed E-state index contributed by atoms with van der Waals surface area (Å²) >= 11 is 0. The fourth-order valence-electron chi connectivity index (χ4n) is 2.10. The zero-order valence-electron chi connectivity index (χ0n) is 12.3. The summed E-state index contributed by atoms with van der Waals surface area (Å²) < 4.78 is 50.3. The number of nitrogens with zero attached hydrogens (tertiary/aromatic N) is 3. The molecular formula is C14H9ClF2N4O3S. The zero-order chi connectivity index (χ0) is 18.2. The van der Waals surface area contributed by atoms with E-state index in [4.69, 9.17) is 10.7 Å². The summed E-state index contributed by atoms with van der Waals surface area (Å²) in [5.41, 5.74) is 0.220. The van der Waals surface area contributed by atoms with E-state index in [0.29, 0.717) is 5.56 Å². The highest BCUT2D eigenvalue weighted by Gasteiger charge is 2.20. The molecule has 0 unspecified atom stereocenters. The number of carbonyl (C=O) groups is 1. The number of aromatic nitrogens is 3. The predicted octanol–water partition coefficient (Wildman–Crippen LogP) is 1.86. The Morgan fingerprint density at radius 3 is 2.64 bits per heavy atom. The number of hydrogen-bond acceptors (Lipinski definition) is 5. The van der Waals surface area contributed by atoms with Gasteiger partial charge in [-0.2, -0.15) is 5.10 Å². The molecular weight excluding hydrogens is 378 g/mol. The van der Waals surface area contributed by atoms with Crippen LogP contribution in [0.2, 0.25) is 0 Å². The van der Waals surface area contributed by atoms with Crippen molar-refractivity contribution >= 4 is 31.3 Å². The Labute approximate surface area is 144 Å². The van der Waals surface area contributed by atoms with Gasteiger partial charge in [-0.3, -0.25) is 4.79 Å². The molecule has 0 aliphatic rings. The lowest BCUT2D eigenvalue weighted by Gasteiger charge is -2.07. The molecule has 0 bridgehead atoms. The fraction of sp³-hybridized carbons (Fsp3) is 0.0714. The van der Waals surface area contributed by atoms with E-state index in [1.165, 1.54) is 18.3 Å². The number of nitrogens with one attached hydrogen (secondary N) is 1. The highest BCUT2D eigenvalue weighted by molar-refractivity contribution is 8.13. The number of rotatable bonds is 4. The van der Waals surface area contributed by atoms with Crippen molar-refractivity contribution in [3.8, 4) is 0 Å². The van der Waals surface area contributed by atoms with Crippen molar-refractivity contribution in [3.05, 3.63) is 59.4 Å². The summed E-state index contributed by atoms with van der Waals surface area (Å²) in [5, 5.41) is 5.80. The molecule has 2 aromatic heterocycles. The maximum absolute atomic E-state index is 13.2. The Morgan fingerprint density at radius 2 is 1.96 bits per heavy atom. The Balaban J connectivity index is 1.88. The lowest BCUT2D eigenvalue weighted by atomic mass is 10.2. The molecule has 0 aliphatic carbocycles. The minimum Gasteiger partial charge on any atom is -0.347 e. The van der Waals surface area contributed by atoms with Crippen molar-refractivity contribution in [2.75, 3.05) is 0 Å². The van der Waals surface area contributed by atoms with Crippen LogP contribution in [0.3, 0.4) is 0 Å². The van der Waals surface area contributed by atoms with Crippen molar-refractivity contribution in [2.24, 2.45) is 0 Å². The van der Waals surface area contributed by atoms with Crippen LogP contribution < -0.4 is 5.32 Å². The third-order valence-electron chi connectivity index (χ3n) is 3.25. The Morgan fingerprint density at radius 1 is 1.20 bits per heavy atom. The van der Waals surface area contributed by atoms with Crippen molar-refractivity contribution in [3.63, 3.8) is 0 Å². The molecule has 1 N–H and O–H groups in total. The highest BCUT2D eigenvalue weighted by Crippen LogP contribution is 2.17. The molecule has 130 valence electrons. The Hall–Kier alpha value is -2.59. The standard InChI is InChI=1S/C14H9ClF2N4O3S/c15-25(23,24)13-6-11(20-12-3-4-19-21(12)13)14(22)18-7-8-1-2-9(16)10(17)5-8/h1-6H,7H2,(H,18,22). The summed E-state index contributed by atoms with van der Waals surface area (Å²) in [5.74, 6) is -2.75. The average molecular weight is 387 g/mol. The third kappa shape index (κ3) is 3.59. The van der Waals surface area contributed by atoms with Crippen molar-refractivity contribution in [1.82, 2.24) is 19.9 Å². The van der Waals surface area contributed by atoms with Crippen LogP contribution in [0.4, 0.5) is 8.78 Å². The number of hydrogen-bond donors (Lipinski definition) is 1. The largest absolute Gasteiger partial charge is 0.347 e. The molecule has 1 amide bonds. The first-order valence-corrected chi connectivity index (χ1v) is 9.08. The molecule has 7 nitrogen and oxygen atoms in total. The first-order chi connectivity index (χ1) is 11.8. The van der Waals surface area contributed by atoms with E-state index in [2.05, 4.69) is 15.4 Å². The molecule has 3 aromatic rings. The van der Waals surface area contributed by atoms with Gasteiger partial charge in [-0.1, -0.05) is 6.07 Å². The molecule has 0 saturated heterocycles. The maximum Gasteiger partial charge on any atom is 0.278 e. The van der Waals surface area contributed by atoms with Gasteiger partial charge in [0.2, 0.25) is 0 Å². The van der Waals surface area contributed by atoms with E-state index in [-0.39, 0.29) is 17.9 Å². The maximum atomic E-state index is 13.2. The summed E-state index contributed by atoms with van der Waals surface area (Å²) in [6, 6.07) is 5.56. The molecule has 0 atom stereocenters. The molecule has 25 heavy (non-hydrogen) atoms. The van der Waals surface area contributed by atoms with Gasteiger partial charge in [0.05, 0.1) is 6.20 Å². The second-order valence-electron chi connectivity index (χ2n) is 4.95. The summed E-state index contributed by atoms with van der Waals surface area (Å²) in [7, 11) is 1.18. The van der Waals surface area contributed by atoms with Crippen LogP contribution in [-0.4, -0.2) is 28.9 Å². The zero-order valence-corrected chi connectivity index (χ0v) is 13.9. The van der Waals surface area contributed by atoms with Gasteiger partial charge in [0.25, 0.3) is 15.0 Å². The molecule has 1 aromatic carbocycles. The van der Waals surface area contributed by atoms with E-state index >= 15 is 0 Å². The van der Waals surface area contributed by atoms with Crippen LogP contribution in [0, 0.1) is 11.6 Å². The topological polar surface area (TPSA) is 93.4 Å². The summed E-state index contributed by atoms with van der Waals surface area (Å²) in [4.78, 5) is 16.2. The fourth-order valence-corrected chi connectivity index (χ4v) is 3.03. The molecule has 0 aliphatic heterocycles. The quantitative estimate of drug-likeness (QED) is 0.545. The lowest BCUT2D eigenvalue weighted by Crippen LogP contribution is -2.24. The third-order valence-corrected chi connectivity index (χ3v) is 4.51. The van der Waals surface area contributed by atoms with Gasteiger partial charge < -0.3 is 5.32 Å². The number of benzene rings is 1. The Kier molecular flexibility index (Phi) is 4.39. The van der Waals surface area contributed by atoms with Gasteiger partial charge in [0, 0.05) is 29.4 Å². The van der Waals surface area contributed by atoms with E-state index in [0.717, 1.165) is 22.7 Å². The summed E-state index contributed by atoms with van der Waals surface area (Å²) in [6.45, 7) is -0.106. The van der Waals surface area contributed by atoms with Crippen molar-refractivity contribution < 1.29 is 22.0 Å². The predicted molar refractivity (Wildman–Crippen MR) is 83.6 cm³/mol. The summed E-state index contributed by atoms with van der Waals surface area (Å²) in [6.07, 6.45) is 1.30. The number of carbonyl (C=O) groups excluding carboxylic acids is 1. The first-order valence-electron chi connectivity index (χ1n) is 6.77. The molecule has 0 saturated carbocycles. The molecule has 0 fully saturated rings. The van der Waals surface area contributed by atoms with Crippen LogP contribution in [0.5, 0.6) is 0 Å². The van der Waals surface area contributed by atoms with E-state index < -0.39 is 31.6 Å². The van der Waals surface area contributed by atoms with Crippen molar-refractivity contribution in [1.29, 1.82) is 0 Å². The van der Waals surface area contributed by atoms with Gasteiger partial charge in [-0.05, 0) is 17.7 Å². The number of halogens is 3. The van der Waals surface area contributed by atoms with Gasteiger partial charge in [0.1, 0.15) is 5.69 Å². The normalized spacial score (nSPS) is 11.6. The van der Waals surface area contributed by atoms with Gasteiger partial charge in [-0.15, -0.1) is 0 Å². The van der Waals surface area contributed by atoms with Crippen LogP contribution in [0.1, 0.15) is 16.1 Å². The second kappa shape index (κ2) is 6.37. The minimum absolute atomic E-state index is 0.106. The monoisotopic (exact) mass is 386 g/mol. The van der Waals surface area contributed by atoms with Gasteiger partial charge >= 0.3 is 0 Å². The SMILES string of the molecule is O=C(NCc1ccc(F)c(F)c1)c1cc(S(=O)(=O)Cl)n2nccc2n1. The van der Waals surface area contributed by atoms with E-state index in [1.54, 1.807) is 0 Å². The molecule has 11 heteroatoms. The lowest BCUT2D eigenvalue weighted by molar-refractivity contribution is 0.0945. The molecule has 2 heterocycles. The van der Waals surface area contributed by atoms with E-state index in [1.807, 2.05) is 0 Å². The number of amides is 1. The molecule has 0 spiro atoms. The van der Waals surface area contributed by atoms with Crippen LogP contribution in [0.25, 0.3) is 5.65 Å². The average Bonchev–Trinajstić information content (AvgIpc) is 3.02. The molecule has 3 rings (SSSR count). The van der Waals surface area contributed by atoms with Crippen LogP contribution >= 0.6 is 10.7 Å².